The number of hydrogen-bond donors (Lipinski definition) is 1. The molecule has 0 radical (unpaired) electrons. The smallest absolute Gasteiger partial charge is 0.225 e. The van der Waals surface area contributed by atoms with E-state index in [9.17, 15) is 0 Å². The highest BCUT2D eigenvalue weighted by Gasteiger charge is 2.29. The van der Waals surface area contributed by atoms with E-state index in [1.807, 2.05) is 6.07 Å². The van der Waals surface area contributed by atoms with Crippen LogP contribution in [0.5, 0.6) is 0 Å². The molecule has 5 heteroatoms. The monoisotopic (exact) mass is 236 g/mol. The summed E-state index contributed by atoms with van der Waals surface area (Å²) < 4.78 is 0. The molecule has 1 aromatic rings. The Kier molecular flexibility index (Phi) is 3.91. The molecule has 17 heavy (non-hydrogen) atoms. The van der Waals surface area contributed by atoms with Gasteiger partial charge in [-0.2, -0.15) is 0 Å². The van der Waals surface area contributed by atoms with E-state index < -0.39 is 0 Å². The van der Waals surface area contributed by atoms with Gasteiger partial charge in [0.25, 0.3) is 0 Å². The number of piperazine rings is 1. The summed E-state index contributed by atoms with van der Waals surface area (Å²) in [6, 6.07) is 2.66. The number of anilines is 1. The van der Waals surface area contributed by atoms with Crippen LogP contribution in [0.1, 0.15) is 13.8 Å². The molecule has 0 aliphatic carbocycles. The fraction of sp³-hybridized carbons (Fsp3) is 0.667. The van der Waals surface area contributed by atoms with E-state index in [1.165, 1.54) is 0 Å². The molecule has 1 aliphatic rings. The lowest BCUT2D eigenvalue weighted by atomic mass is 10.1. The summed E-state index contributed by atoms with van der Waals surface area (Å²) in [5.41, 5.74) is 0. The van der Waals surface area contributed by atoms with Gasteiger partial charge < -0.3 is 10.0 Å². The first-order valence-corrected chi connectivity index (χ1v) is 6.11. The molecule has 94 valence electrons. The largest absolute Gasteiger partial charge is 0.395 e. The van der Waals surface area contributed by atoms with Crippen molar-refractivity contribution < 1.29 is 5.11 Å². The summed E-state index contributed by atoms with van der Waals surface area (Å²) >= 11 is 0. The molecular weight excluding hydrogens is 216 g/mol. The number of rotatable bonds is 3. The van der Waals surface area contributed by atoms with Crippen LogP contribution in [0.15, 0.2) is 18.5 Å². The first-order chi connectivity index (χ1) is 8.22. The lowest BCUT2D eigenvalue weighted by Gasteiger charge is -2.44. The molecule has 1 fully saturated rings. The van der Waals surface area contributed by atoms with Crippen molar-refractivity contribution in [1.82, 2.24) is 14.9 Å². The lowest BCUT2D eigenvalue weighted by Crippen LogP contribution is -2.57. The third-order valence-electron chi connectivity index (χ3n) is 3.29. The van der Waals surface area contributed by atoms with Crippen molar-refractivity contribution in [3.05, 3.63) is 18.5 Å². The first-order valence-electron chi connectivity index (χ1n) is 6.11. The van der Waals surface area contributed by atoms with Crippen molar-refractivity contribution in [2.75, 3.05) is 31.1 Å². The van der Waals surface area contributed by atoms with Crippen molar-refractivity contribution in [1.29, 1.82) is 0 Å². The molecule has 2 rings (SSSR count). The number of aliphatic hydroxyl groups is 1. The van der Waals surface area contributed by atoms with Gasteiger partial charge in [0.1, 0.15) is 0 Å². The number of hydrogen-bond acceptors (Lipinski definition) is 5. The van der Waals surface area contributed by atoms with Gasteiger partial charge in [-0.05, 0) is 19.9 Å². The van der Waals surface area contributed by atoms with Crippen LogP contribution in [0, 0.1) is 0 Å². The second-order valence-corrected chi connectivity index (χ2v) is 4.61. The Bertz CT molecular complexity index is 334. The zero-order valence-corrected chi connectivity index (χ0v) is 10.5. The summed E-state index contributed by atoms with van der Waals surface area (Å²) in [5, 5.41) is 9.06. The van der Waals surface area contributed by atoms with E-state index in [-0.39, 0.29) is 6.61 Å². The Morgan fingerprint density at radius 3 is 2.35 bits per heavy atom. The van der Waals surface area contributed by atoms with E-state index in [4.69, 9.17) is 5.11 Å². The molecule has 0 spiro atoms. The minimum atomic E-state index is 0.219. The highest BCUT2D eigenvalue weighted by atomic mass is 16.3. The van der Waals surface area contributed by atoms with Gasteiger partial charge in [-0.15, -0.1) is 0 Å². The maximum atomic E-state index is 9.06. The third kappa shape index (κ3) is 2.73. The topological polar surface area (TPSA) is 52.5 Å². The maximum absolute atomic E-state index is 9.06. The molecule has 0 unspecified atom stereocenters. The second kappa shape index (κ2) is 5.42. The SMILES string of the molecule is C[C@@H]1CN(c2ncccn2)C[C@H](C)N1CCO. The molecule has 0 bridgehead atoms. The Balaban J connectivity index is 2.06. The average molecular weight is 236 g/mol. The van der Waals surface area contributed by atoms with Crippen LogP contribution in [-0.2, 0) is 0 Å². The Hall–Kier alpha value is -1.20. The molecule has 1 N–H and O–H groups in total. The first kappa shape index (κ1) is 12.3. The highest BCUT2D eigenvalue weighted by Crippen LogP contribution is 2.18. The van der Waals surface area contributed by atoms with Crippen LogP contribution in [0.25, 0.3) is 0 Å². The number of aromatic nitrogens is 2. The molecular formula is C12H20N4O. The van der Waals surface area contributed by atoms with Crippen LogP contribution in [0.3, 0.4) is 0 Å². The number of β-amino-alcohol motifs (C(OH)–C–C–N with tert-alkyl or cyclic N) is 1. The predicted octanol–water partition coefficient (Wildman–Crippen LogP) is 0.368. The zero-order valence-electron chi connectivity index (χ0n) is 10.5. The standard InChI is InChI=1S/C12H20N4O/c1-10-8-15(12-13-4-3-5-14-12)9-11(2)16(10)6-7-17/h3-5,10-11,17H,6-9H2,1-2H3/t10-,11+. The van der Waals surface area contributed by atoms with Gasteiger partial charge in [-0.3, -0.25) is 4.90 Å². The Morgan fingerprint density at radius 2 is 1.82 bits per heavy atom. The quantitative estimate of drug-likeness (QED) is 0.821. The van der Waals surface area contributed by atoms with Crippen LogP contribution in [0.2, 0.25) is 0 Å². The second-order valence-electron chi connectivity index (χ2n) is 4.61. The highest BCUT2D eigenvalue weighted by molar-refractivity contribution is 5.30. The van der Waals surface area contributed by atoms with Crippen molar-refractivity contribution in [2.45, 2.75) is 25.9 Å². The average Bonchev–Trinajstić information content (AvgIpc) is 2.35. The van der Waals surface area contributed by atoms with Gasteiger partial charge in [0.05, 0.1) is 6.61 Å². The van der Waals surface area contributed by atoms with E-state index in [0.717, 1.165) is 25.6 Å². The van der Waals surface area contributed by atoms with E-state index >= 15 is 0 Å². The molecule has 1 aromatic heterocycles. The molecule has 1 aliphatic heterocycles. The minimum absolute atomic E-state index is 0.219. The number of nitrogens with zero attached hydrogens (tertiary/aromatic N) is 4. The Labute approximate surface area is 102 Å². The zero-order chi connectivity index (χ0) is 12.3. The molecule has 5 nitrogen and oxygen atoms in total. The van der Waals surface area contributed by atoms with Gasteiger partial charge in [0.15, 0.2) is 0 Å². The fourth-order valence-corrected chi connectivity index (χ4v) is 2.53. The molecule has 0 saturated carbocycles. The van der Waals surface area contributed by atoms with Gasteiger partial charge in [-0.1, -0.05) is 0 Å². The van der Waals surface area contributed by atoms with Crippen molar-refractivity contribution in [3.63, 3.8) is 0 Å². The van der Waals surface area contributed by atoms with Gasteiger partial charge in [0.2, 0.25) is 5.95 Å². The van der Waals surface area contributed by atoms with Gasteiger partial charge in [-0.25, -0.2) is 9.97 Å². The van der Waals surface area contributed by atoms with E-state index in [0.29, 0.717) is 12.1 Å². The number of aliphatic hydroxyl groups excluding tert-OH is 1. The summed E-state index contributed by atoms with van der Waals surface area (Å²) in [7, 11) is 0. The van der Waals surface area contributed by atoms with E-state index in [2.05, 4.69) is 33.6 Å². The third-order valence-corrected chi connectivity index (χ3v) is 3.29. The summed E-state index contributed by atoms with van der Waals surface area (Å²) in [6.45, 7) is 7.15. The fourth-order valence-electron chi connectivity index (χ4n) is 2.53. The molecule has 2 atom stereocenters. The molecule has 0 aromatic carbocycles. The molecule has 2 heterocycles. The summed E-state index contributed by atoms with van der Waals surface area (Å²) in [4.78, 5) is 13.1. The van der Waals surface area contributed by atoms with Crippen molar-refractivity contribution in [2.24, 2.45) is 0 Å². The molecule has 0 amide bonds. The van der Waals surface area contributed by atoms with Crippen molar-refractivity contribution in [3.8, 4) is 0 Å². The lowest BCUT2D eigenvalue weighted by molar-refractivity contribution is 0.102. The Morgan fingerprint density at radius 1 is 1.24 bits per heavy atom. The normalized spacial score (nSPS) is 26.2. The van der Waals surface area contributed by atoms with Crippen LogP contribution in [-0.4, -0.2) is 58.3 Å². The predicted molar refractivity (Wildman–Crippen MR) is 67.0 cm³/mol. The maximum Gasteiger partial charge on any atom is 0.225 e. The summed E-state index contributed by atoms with van der Waals surface area (Å²) in [6.07, 6.45) is 3.55. The van der Waals surface area contributed by atoms with Crippen LogP contribution >= 0.6 is 0 Å². The van der Waals surface area contributed by atoms with E-state index in [1.54, 1.807) is 12.4 Å². The van der Waals surface area contributed by atoms with Crippen molar-refractivity contribution >= 4 is 5.95 Å². The molecule has 1 saturated heterocycles. The van der Waals surface area contributed by atoms with Gasteiger partial charge in [0, 0.05) is 44.1 Å². The van der Waals surface area contributed by atoms with Crippen LogP contribution < -0.4 is 4.90 Å². The minimum Gasteiger partial charge on any atom is -0.395 e. The summed E-state index contributed by atoms with van der Waals surface area (Å²) in [5.74, 6) is 0.801. The van der Waals surface area contributed by atoms with Gasteiger partial charge >= 0.3 is 0 Å². The van der Waals surface area contributed by atoms with Crippen LogP contribution in [0.4, 0.5) is 5.95 Å².